The molecule has 0 amide bonds. The molecule has 6 heteroatoms. The van der Waals surface area contributed by atoms with Gasteiger partial charge < -0.3 is 20.7 Å². The van der Waals surface area contributed by atoms with Crippen molar-refractivity contribution in [1.82, 2.24) is 16.0 Å². The van der Waals surface area contributed by atoms with Gasteiger partial charge in [0.15, 0.2) is 5.96 Å². The van der Waals surface area contributed by atoms with Gasteiger partial charge in [-0.05, 0) is 33.6 Å². The van der Waals surface area contributed by atoms with Crippen LogP contribution in [0.5, 0.6) is 0 Å². The Balaban J connectivity index is 0.00000484. The number of nitrogens with one attached hydrogen (secondary N) is 3. The predicted molar refractivity (Wildman–Crippen MR) is 110 cm³/mol. The number of halogens is 1. The molecule has 0 radical (unpaired) electrons. The first-order valence-electron chi connectivity index (χ1n) is 8.82. The van der Waals surface area contributed by atoms with Crippen LogP contribution in [0.2, 0.25) is 0 Å². The Bertz CT molecular complexity index is 310. The van der Waals surface area contributed by atoms with E-state index in [1.807, 2.05) is 0 Å². The molecule has 0 aromatic heterocycles. The summed E-state index contributed by atoms with van der Waals surface area (Å²) in [7, 11) is 1.80. The third kappa shape index (κ3) is 12.9. The van der Waals surface area contributed by atoms with Gasteiger partial charge in [-0.3, -0.25) is 4.99 Å². The molecule has 1 rings (SSSR count). The maximum Gasteiger partial charge on any atom is 0.191 e. The first-order valence-corrected chi connectivity index (χ1v) is 8.82. The SMILES string of the molecule is CN=C(NCCNC(C)(C)C)NCCOC1CCCCCC1.I. The summed E-state index contributed by atoms with van der Waals surface area (Å²) in [5.74, 6) is 0.847. The zero-order valence-corrected chi connectivity index (χ0v) is 17.7. The molecule has 1 fully saturated rings. The third-order valence-electron chi connectivity index (χ3n) is 3.85. The molecule has 0 spiro atoms. The zero-order chi connectivity index (χ0) is 16.3. The first kappa shape index (κ1) is 22.9. The van der Waals surface area contributed by atoms with E-state index in [1.54, 1.807) is 7.05 Å². The Morgan fingerprint density at radius 2 is 1.61 bits per heavy atom. The summed E-state index contributed by atoms with van der Waals surface area (Å²) in [6, 6.07) is 0. The van der Waals surface area contributed by atoms with Gasteiger partial charge in [-0.2, -0.15) is 0 Å². The summed E-state index contributed by atoms with van der Waals surface area (Å²) in [6.07, 6.45) is 8.31. The molecule has 5 nitrogen and oxygen atoms in total. The van der Waals surface area contributed by atoms with Gasteiger partial charge in [0.05, 0.1) is 12.7 Å². The van der Waals surface area contributed by atoms with Crippen LogP contribution < -0.4 is 16.0 Å². The van der Waals surface area contributed by atoms with Crippen molar-refractivity contribution in [2.45, 2.75) is 70.9 Å². The van der Waals surface area contributed by atoms with Crippen molar-refractivity contribution in [3.63, 3.8) is 0 Å². The molecular formula is C17H37IN4O. The van der Waals surface area contributed by atoms with E-state index in [1.165, 1.54) is 38.5 Å². The molecule has 0 aromatic rings. The van der Waals surface area contributed by atoms with E-state index in [9.17, 15) is 0 Å². The number of hydrogen-bond acceptors (Lipinski definition) is 3. The van der Waals surface area contributed by atoms with Crippen molar-refractivity contribution in [3.8, 4) is 0 Å². The standard InChI is InChI=1S/C17H36N4O.HI/c1-17(2,3)21-12-11-19-16(18-4)20-13-14-22-15-9-7-5-6-8-10-15;/h15,21H,5-14H2,1-4H3,(H2,18,19,20);1H. The molecule has 0 unspecified atom stereocenters. The molecule has 1 aliphatic rings. The lowest BCUT2D eigenvalue weighted by atomic mass is 10.1. The maximum atomic E-state index is 5.97. The number of rotatable bonds is 7. The van der Waals surface area contributed by atoms with E-state index in [0.29, 0.717) is 6.10 Å². The molecule has 1 aliphatic carbocycles. The second-order valence-corrected chi connectivity index (χ2v) is 7.09. The van der Waals surface area contributed by atoms with Crippen LogP contribution in [-0.2, 0) is 4.74 Å². The smallest absolute Gasteiger partial charge is 0.191 e. The number of guanidine groups is 1. The fourth-order valence-electron chi connectivity index (χ4n) is 2.64. The van der Waals surface area contributed by atoms with E-state index < -0.39 is 0 Å². The highest BCUT2D eigenvalue weighted by Crippen LogP contribution is 2.19. The minimum atomic E-state index is 0. The Morgan fingerprint density at radius 1 is 1.00 bits per heavy atom. The van der Waals surface area contributed by atoms with E-state index >= 15 is 0 Å². The van der Waals surface area contributed by atoms with Crippen molar-refractivity contribution >= 4 is 29.9 Å². The predicted octanol–water partition coefficient (Wildman–Crippen LogP) is 2.90. The lowest BCUT2D eigenvalue weighted by Gasteiger charge is -2.21. The van der Waals surface area contributed by atoms with Crippen molar-refractivity contribution in [2.24, 2.45) is 4.99 Å². The number of nitrogens with zero attached hydrogens (tertiary/aromatic N) is 1. The molecule has 3 N–H and O–H groups in total. The van der Waals surface area contributed by atoms with Crippen molar-refractivity contribution < 1.29 is 4.74 Å². The summed E-state index contributed by atoms with van der Waals surface area (Å²) >= 11 is 0. The molecule has 0 bridgehead atoms. The van der Waals surface area contributed by atoms with Crippen LogP contribution in [0, 0.1) is 0 Å². The van der Waals surface area contributed by atoms with E-state index in [-0.39, 0.29) is 29.5 Å². The fraction of sp³-hybridized carbons (Fsp3) is 0.941. The average Bonchev–Trinajstić information content (AvgIpc) is 2.73. The highest BCUT2D eigenvalue weighted by atomic mass is 127. The highest BCUT2D eigenvalue weighted by Gasteiger charge is 2.12. The van der Waals surface area contributed by atoms with Crippen LogP contribution in [-0.4, -0.2) is 50.9 Å². The van der Waals surface area contributed by atoms with Gasteiger partial charge in [0.2, 0.25) is 0 Å². The lowest BCUT2D eigenvalue weighted by Crippen LogP contribution is -2.45. The lowest BCUT2D eigenvalue weighted by molar-refractivity contribution is 0.0468. The van der Waals surface area contributed by atoms with Gasteiger partial charge in [-0.25, -0.2) is 0 Å². The maximum absolute atomic E-state index is 5.97. The van der Waals surface area contributed by atoms with Gasteiger partial charge in [-0.15, -0.1) is 24.0 Å². The van der Waals surface area contributed by atoms with E-state index in [0.717, 1.165) is 32.2 Å². The van der Waals surface area contributed by atoms with Crippen LogP contribution in [0.4, 0.5) is 0 Å². The first-order chi connectivity index (χ1) is 10.5. The third-order valence-corrected chi connectivity index (χ3v) is 3.85. The van der Waals surface area contributed by atoms with Crippen LogP contribution in [0.25, 0.3) is 0 Å². The van der Waals surface area contributed by atoms with Crippen molar-refractivity contribution in [3.05, 3.63) is 0 Å². The van der Waals surface area contributed by atoms with Gasteiger partial charge >= 0.3 is 0 Å². The second kappa shape index (κ2) is 13.2. The van der Waals surface area contributed by atoms with Crippen LogP contribution in [0.15, 0.2) is 4.99 Å². The molecule has 0 saturated heterocycles. The van der Waals surface area contributed by atoms with Gasteiger partial charge in [0.25, 0.3) is 0 Å². The quantitative estimate of drug-likeness (QED) is 0.187. The summed E-state index contributed by atoms with van der Waals surface area (Å²) in [5, 5.41) is 10.1. The topological polar surface area (TPSA) is 57.7 Å². The van der Waals surface area contributed by atoms with Gasteiger partial charge in [0, 0.05) is 32.2 Å². The number of aliphatic imine (C=N–C) groups is 1. The largest absolute Gasteiger partial charge is 0.376 e. The molecular weight excluding hydrogens is 403 g/mol. The summed E-state index contributed by atoms with van der Waals surface area (Å²) in [6.45, 7) is 9.86. The molecule has 1 saturated carbocycles. The Morgan fingerprint density at radius 3 is 2.17 bits per heavy atom. The van der Waals surface area contributed by atoms with Crippen molar-refractivity contribution in [2.75, 3.05) is 33.3 Å². The van der Waals surface area contributed by atoms with Crippen LogP contribution in [0.1, 0.15) is 59.3 Å². The molecule has 0 aromatic carbocycles. The number of hydrogen-bond donors (Lipinski definition) is 3. The molecule has 138 valence electrons. The average molecular weight is 440 g/mol. The fourth-order valence-corrected chi connectivity index (χ4v) is 2.64. The van der Waals surface area contributed by atoms with Crippen molar-refractivity contribution in [1.29, 1.82) is 0 Å². The van der Waals surface area contributed by atoms with Gasteiger partial charge in [0.1, 0.15) is 0 Å². The minimum absolute atomic E-state index is 0. The van der Waals surface area contributed by atoms with E-state index in [4.69, 9.17) is 4.74 Å². The summed E-state index contributed by atoms with van der Waals surface area (Å²) in [5.41, 5.74) is 0.158. The Labute approximate surface area is 159 Å². The summed E-state index contributed by atoms with van der Waals surface area (Å²) < 4.78 is 5.97. The van der Waals surface area contributed by atoms with Gasteiger partial charge in [-0.1, -0.05) is 25.7 Å². The molecule has 0 atom stereocenters. The van der Waals surface area contributed by atoms with Crippen LogP contribution >= 0.6 is 24.0 Å². The second-order valence-electron chi connectivity index (χ2n) is 7.09. The highest BCUT2D eigenvalue weighted by molar-refractivity contribution is 14.0. The zero-order valence-electron chi connectivity index (χ0n) is 15.4. The Hall–Kier alpha value is -0.0800. The van der Waals surface area contributed by atoms with E-state index in [2.05, 4.69) is 41.7 Å². The minimum Gasteiger partial charge on any atom is -0.376 e. The normalized spacial score (nSPS) is 17.3. The molecule has 23 heavy (non-hydrogen) atoms. The molecule has 0 aliphatic heterocycles. The summed E-state index contributed by atoms with van der Waals surface area (Å²) in [4.78, 5) is 4.23. The monoisotopic (exact) mass is 440 g/mol. The number of ether oxygens (including phenoxy) is 1. The van der Waals surface area contributed by atoms with Crippen LogP contribution in [0.3, 0.4) is 0 Å². The Kier molecular flexibility index (Phi) is 13.2. The molecule has 0 heterocycles.